The Hall–Kier alpha value is -3.28. The van der Waals surface area contributed by atoms with Crippen molar-refractivity contribution >= 4 is 52.9 Å². The van der Waals surface area contributed by atoms with Crippen molar-refractivity contribution in [2.24, 2.45) is 0 Å². The van der Waals surface area contributed by atoms with Gasteiger partial charge in [0, 0.05) is 29.4 Å². The molecule has 0 fully saturated rings. The van der Waals surface area contributed by atoms with Crippen LogP contribution in [0, 0.1) is 0 Å². The number of hydrogen-bond acceptors (Lipinski definition) is 8. The Morgan fingerprint density at radius 1 is 1.08 bits per heavy atom. The zero-order valence-electron chi connectivity index (χ0n) is 21.5. The number of thioether (sulfide) groups is 1. The fourth-order valence-corrected chi connectivity index (χ4v) is 5.08. The average Bonchev–Trinajstić information content (AvgIpc) is 2.97. The van der Waals surface area contributed by atoms with Gasteiger partial charge in [-0.25, -0.2) is 9.59 Å². The number of likely N-dealkylation sites (N-methyl/N-ethyl adjacent to an activating group) is 1. The van der Waals surface area contributed by atoms with E-state index in [0.717, 1.165) is 16.1 Å². The quantitative estimate of drug-likeness (QED) is 0.357. The van der Waals surface area contributed by atoms with Crippen molar-refractivity contribution in [1.29, 1.82) is 0 Å². The van der Waals surface area contributed by atoms with E-state index in [1.165, 1.54) is 11.8 Å². The van der Waals surface area contributed by atoms with Gasteiger partial charge in [0.1, 0.15) is 5.75 Å². The summed E-state index contributed by atoms with van der Waals surface area (Å²) in [6, 6.07) is 13.0. The number of aliphatic carboxylic acids is 2. The van der Waals surface area contributed by atoms with Crippen LogP contribution in [0.5, 0.6) is 5.75 Å². The molecule has 2 N–H and O–H groups in total. The first-order chi connectivity index (χ1) is 18.0. The first kappa shape index (κ1) is 30.9. The molecule has 2 atom stereocenters. The zero-order chi connectivity index (χ0) is 28.4. The molecule has 0 radical (unpaired) electrons. The molecule has 0 bridgehead atoms. The number of esters is 1. The number of anilines is 1. The highest BCUT2D eigenvalue weighted by atomic mass is 35.5. The second-order valence-electron chi connectivity index (χ2n) is 8.49. The van der Waals surface area contributed by atoms with Crippen molar-refractivity contribution in [2.75, 3.05) is 39.2 Å². The lowest BCUT2D eigenvalue weighted by molar-refractivity contribution is -0.159. The Morgan fingerprint density at radius 2 is 1.71 bits per heavy atom. The summed E-state index contributed by atoms with van der Waals surface area (Å²) in [7, 11) is 5.52. The lowest BCUT2D eigenvalue weighted by Gasteiger charge is -2.28. The molecule has 2 aromatic rings. The van der Waals surface area contributed by atoms with Gasteiger partial charge in [-0.3, -0.25) is 9.59 Å². The molecular weight excluding hydrogens is 536 g/mol. The van der Waals surface area contributed by atoms with E-state index in [-0.39, 0.29) is 18.3 Å². The summed E-state index contributed by atoms with van der Waals surface area (Å²) in [5.74, 6) is -3.54. The second-order valence-corrected chi connectivity index (χ2v) is 10.1. The third-order valence-corrected chi connectivity index (χ3v) is 6.95. The third-order valence-electron chi connectivity index (χ3n) is 5.36. The molecule has 0 saturated heterocycles. The summed E-state index contributed by atoms with van der Waals surface area (Å²) < 4.78 is 11.1. The molecule has 0 aromatic heterocycles. The molecule has 1 aliphatic heterocycles. The molecule has 12 heteroatoms. The fraction of sp³-hybridized carbons (Fsp3) is 0.385. The smallest absolute Gasteiger partial charge is 0.414 e. The Labute approximate surface area is 230 Å². The van der Waals surface area contributed by atoms with Crippen molar-refractivity contribution < 1.29 is 38.9 Å². The first-order valence-corrected chi connectivity index (χ1v) is 13.0. The molecule has 0 unspecified atom stereocenters. The highest BCUT2D eigenvalue weighted by Gasteiger charge is 2.41. The van der Waals surface area contributed by atoms with Crippen molar-refractivity contribution in [3.05, 3.63) is 53.1 Å². The average molecular weight is 567 g/mol. The number of halogens is 1. The number of rotatable bonds is 8. The Balaban J connectivity index is 0.000000757. The Bertz CT molecular complexity index is 1130. The molecule has 3 rings (SSSR count). The minimum atomic E-state index is -1.82. The number of methoxy groups -OCH3 is 1. The van der Waals surface area contributed by atoms with Crippen LogP contribution in [0.1, 0.15) is 30.6 Å². The van der Waals surface area contributed by atoms with E-state index in [1.807, 2.05) is 62.3 Å². The van der Waals surface area contributed by atoms with E-state index in [1.54, 1.807) is 18.1 Å². The van der Waals surface area contributed by atoms with Crippen LogP contribution in [0.15, 0.2) is 47.4 Å². The lowest BCUT2D eigenvalue weighted by Crippen LogP contribution is -2.45. The van der Waals surface area contributed by atoms with Gasteiger partial charge in [-0.2, -0.15) is 0 Å². The molecule has 0 saturated carbocycles. The van der Waals surface area contributed by atoms with E-state index < -0.39 is 23.3 Å². The van der Waals surface area contributed by atoms with Gasteiger partial charge in [0.25, 0.3) is 5.91 Å². The molecule has 206 valence electrons. The number of fused-ring (bicyclic) bond motifs is 1. The second kappa shape index (κ2) is 14.6. The van der Waals surface area contributed by atoms with E-state index >= 15 is 0 Å². The molecule has 0 aliphatic carbocycles. The SMILES string of the molecule is CCCC(=O)O[C@@H]1C(=O)N(CCN(C)C)c2ccc(Cl)cc2S[C@@H]1c1ccc(OC)cc1.O=C(O)C(=O)O. The summed E-state index contributed by atoms with van der Waals surface area (Å²) in [6.07, 6.45) is -0.0404. The number of amides is 1. The molecule has 1 heterocycles. The van der Waals surface area contributed by atoms with E-state index in [9.17, 15) is 9.59 Å². The molecule has 38 heavy (non-hydrogen) atoms. The van der Waals surface area contributed by atoms with Gasteiger partial charge in [0.15, 0.2) is 6.10 Å². The topological polar surface area (TPSA) is 134 Å². The first-order valence-electron chi connectivity index (χ1n) is 11.7. The maximum Gasteiger partial charge on any atom is 0.414 e. The van der Waals surface area contributed by atoms with E-state index in [2.05, 4.69) is 0 Å². The Morgan fingerprint density at radius 3 is 2.24 bits per heavy atom. The molecular formula is C26H31ClN2O8S. The number of carbonyl (C=O) groups is 4. The standard InChI is InChI=1S/C24H29ClN2O4S.C2H2O4/c1-5-6-21(28)31-22-23(16-7-10-18(30-4)11-8-16)32-20-15-17(25)9-12-19(20)27(24(22)29)14-13-26(2)3;3-1(4)2(5)6/h7-12,15,22-23H,5-6,13-14H2,1-4H3;(H,3,4)(H,5,6)/t22-,23+;/m0./s1. The fourth-order valence-electron chi connectivity index (χ4n) is 3.49. The van der Waals surface area contributed by atoms with Crippen molar-refractivity contribution in [2.45, 2.75) is 36.0 Å². The number of carboxylic acid groups (broad SMARTS) is 2. The monoisotopic (exact) mass is 566 g/mol. The lowest BCUT2D eigenvalue weighted by atomic mass is 10.1. The van der Waals surface area contributed by atoms with E-state index in [4.69, 9.17) is 40.9 Å². The minimum Gasteiger partial charge on any atom is -0.497 e. The number of benzene rings is 2. The largest absolute Gasteiger partial charge is 0.497 e. The van der Waals surface area contributed by atoms with Crippen LogP contribution in [-0.2, 0) is 23.9 Å². The summed E-state index contributed by atoms with van der Waals surface area (Å²) in [6.45, 7) is 3.05. The van der Waals surface area contributed by atoms with Gasteiger partial charge >= 0.3 is 17.9 Å². The number of hydrogen-bond donors (Lipinski definition) is 2. The maximum atomic E-state index is 13.8. The maximum absolute atomic E-state index is 13.8. The van der Waals surface area contributed by atoms with Crippen LogP contribution >= 0.6 is 23.4 Å². The van der Waals surface area contributed by atoms with Crippen molar-refractivity contribution in [1.82, 2.24) is 4.90 Å². The van der Waals surface area contributed by atoms with Crippen molar-refractivity contribution in [3.63, 3.8) is 0 Å². The number of nitrogens with zero attached hydrogens (tertiary/aromatic N) is 2. The summed E-state index contributed by atoms with van der Waals surface area (Å²) in [4.78, 5) is 49.1. The number of carboxylic acids is 2. The predicted octanol–water partition coefficient (Wildman–Crippen LogP) is 3.96. The van der Waals surface area contributed by atoms with Crippen LogP contribution in [0.4, 0.5) is 5.69 Å². The van der Waals surface area contributed by atoms with Gasteiger partial charge < -0.3 is 29.5 Å². The zero-order valence-corrected chi connectivity index (χ0v) is 23.1. The third kappa shape index (κ3) is 8.64. The number of carbonyl (C=O) groups excluding carboxylic acids is 2. The van der Waals surface area contributed by atoms with Crippen LogP contribution in [0.25, 0.3) is 0 Å². The molecule has 1 amide bonds. The van der Waals surface area contributed by atoms with Crippen molar-refractivity contribution in [3.8, 4) is 5.75 Å². The van der Waals surface area contributed by atoms with Crippen LogP contribution < -0.4 is 9.64 Å². The molecule has 2 aromatic carbocycles. The molecule has 1 aliphatic rings. The van der Waals surface area contributed by atoms with Gasteiger partial charge in [-0.15, -0.1) is 11.8 Å². The van der Waals surface area contributed by atoms with E-state index in [0.29, 0.717) is 30.3 Å². The van der Waals surface area contributed by atoms with Crippen LogP contribution in [0.2, 0.25) is 5.02 Å². The van der Waals surface area contributed by atoms with Gasteiger partial charge in [-0.05, 0) is 56.4 Å². The minimum absolute atomic E-state index is 0.231. The highest BCUT2D eigenvalue weighted by molar-refractivity contribution is 7.99. The summed E-state index contributed by atoms with van der Waals surface area (Å²) in [5, 5.41) is 15.0. The Kier molecular flexibility index (Phi) is 11.9. The molecule has 0 spiro atoms. The van der Waals surface area contributed by atoms with Crippen LogP contribution in [-0.4, -0.2) is 79.3 Å². The summed E-state index contributed by atoms with van der Waals surface area (Å²) >= 11 is 7.80. The van der Waals surface area contributed by atoms with Crippen LogP contribution in [0.3, 0.4) is 0 Å². The molecule has 10 nitrogen and oxygen atoms in total. The van der Waals surface area contributed by atoms with Gasteiger partial charge in [0.2, 0.25) is 0 Å². The highest BCUT2D eigenvalue weighted by Crippen LogP contribution is 2.47. The van der Waals surface area contributed by atoms with Gasteiger partial charge in [0.05, 0.1) is 18.0 Å². The summed E-state index contributed by atoms with van der Waals surface area (Å²) in [5.41, 5.74) is 1.65. The van der Waals surface area contributed by atoms with Gasteiger partial charge in [-0.1, -0.05) is 30.7 Å². The number of ether oxygens (including phenoxy) is 2. The normalized spacial score (nSPS) is 16.6. The predicted molar refractivity (Wildman–Crippen MR) is 144 cm³/mol.